The van der Waals surface area contributed by atoms with Crippen molar-refractivity contribution in [2.24, 2.45) is 0 Å². The number of piperidine rings is 2. The highest BCUT2D eigenvalue weighted by molar-refractivity contribution is 6.05. The van der Waals surface area contributed by atoms with E-state index in [4.69, 9.17) is 15.6 Å². The summed E-state index contributed by atoms with van der Waals surface area (Å²) in [4.78, 5) is 48.9. The van der Waals surface area contributed by atoms with Gasteiger partial charge in [0.1, 0.15) is 47.4 Å². The van der Waals surface area contributed by atoms with Gasteiger partial charge in [0.05, 0.1) is 11.4 Å². The molecule has 3 amide bonds. The number of carbonyl (C=O) groups is 3. The van der Waals surface area contributed by atoms with Gasteiger partial charge in [0.15, 0.2) is 5.65 Å². The van der Waals surface area contributed by atoms with Crippen LogP contribution in [0.5, 0.6) is 11.5 Å². The number of amides is 3. The molecule has 1 unspecified atom stereocenters. The zero-order valence-corrected chi connectivity index (χ0v) is 26.8. The van der Waals surface area contributed by atoms with Crippen LogP contribution in [-0.4, -0.2) is 72.6 Å². The number of nitrogens with one attached hydrogen (secondary N) is 1. The van der Waals surface area contributed by atoms with Gasteiger partial charge in [0, 0.05) is 49.3 Å². The third kappa shape index (κ3) is 5.70. The molecule has 254 valence electrons. The molecule has 0 spiro atoms. The predicted octanol–water partition coefficient (Wildman–Crippen LogP) is 4.55. The zero-order valence-electron chi connectivity index (χ0n) is 26.8. The summed E-state index contributed by atoms with van der Waals surface area (Å²) in [6, 6.07) is 18.2. The van der Waals surface area contributed by atoms with Crippen LogP contribution in [0.2, 0.25) is 0 Å². The number of hydrogen-bond acceptors (Lipinski definition) is 9. The van der Waals surface area contributed by atoms with Crippen LogP contribution in [0.3, 0.4) is 0 Å². The Bertz CT molecular complexity index is 2140. The quantitative estimate of drug-likeness (QED) is 0.237. The Morgan fingerprint density at radius 1 is 0.980 bits per heavy atom. The van der Waals surface area contributed by atoms with Gasteiger partial charge < -0.3 is 15.4 Å². The fourth-order valence-electron chi connectivity index (χ4n) is 7.11. The average Bonchev–Trinajstić information content (AvgIpc) is 3.64. The van der Waals surface area contributed by atoms with Gasteiger partial charge in [-0.2, -0.15) is 5.10 Å². The summed E-state index contributed by atoms with van der Waals surface area (Å²) in [6.07, 6.45) is 0.693. The van der Waals surface area contributed by atoms with Crippen molar-refractivity contribution >= 4 is 34.6 Å². The van der Waals surface area contributed by atoms with Crippen LogP contribution >= 0.6 is 0 Å². The number of nitrogens with zero attached hydrogens (tertiary/aromatic N) is 6. The number of alkyl halides is 1. The third-order valence-electron chi connectivity index (χ3n) is 9.61. The summed E-state index contributed by atoms with van der Waals surface area (Å²) < 4.78 is 38.9. The fourth-order valence-corrected chi connectivity index (χ4v) is 7.11. The van der Waals surface area contributed by atoms with E-state index in [2.05, 4.69) is 15.3 Å². The van der Waals surface area contributed by atoms with E-state index in [1.165, 1.54) is 17.3 Å². The van der Waals surface area contributed by atoms with Crippen molar-refractivity contribution in [2.45, 2.75) is 50.6 Å². The highest BCUT2D eigenvalue weighted by Gasteiger charge is 2.40. The monoisotopic (exact) mass is 678 g/mol. The number of imide groups is 1. The zero-order chi connectivity index (χ0) is 34.5. The summed E-state index contributed by atoms with van der Waals surface area (Å²) in [5.41, 5.74) is 9.12. The molecule has 2 aromatic heterocycles. The number of anilines is 1. The first kappa shape index (κ1) is 31.5. The summed E-state index contributed by atoms with van der Waals surface area (Å²) >= 11 is 0. The number of carbonyl (C=O) groups excluding carboxylic acids is 3. The number of fused-ring (bicyclic) bond motifs is 2. The number of likely N-dealkylation sites (tertiary alicyclic amines) is 1. The highest BCUT2D eigenvalue weighted by atomic mass is 19.1. The van der Waals surface area contributed by atoms with Crippen LogP contribution < -0.4 is 15.8 Å². The lowest BCUT2D eigenvalue weighted by molar-refractivity contribution is -0.136. The van der Waals surface area contributed by atoms with Crippen molar-refractivity contribution in [1.82, 2.24) is 34.9 Å². The molecular formula is C36H32F2N8O4. The second-order valence-corrected chi connectivity index (χ2v) is 12.8. The summed E-state index contributed by atoms with van der Waals surface area (Å²) in [7, 11) is 0. The van der Waals surface area contributed by atoms with E-state index in [1.54, 1.807) is 10.7 Å². The Balaban J connectivity index is 0.987. The van der Waals surface area contributed by atoms with Gasteiger partial charge in [-0.3, -0.25) is 24.6 Å². The van der Waals surface area contributed by atoms with Gasteiger partial charge in [-0.25, -0.2) is 23.4 Å². The topological polar surface area (TPSA) is 149 Å². The lowest BCUT2D eigenvalue weighted by atomic mass is 10.0. The Hall–Kier alpha value is -5.76. The summed E-state index contributed by atoms with van der Waals surface area (Å²) in [5, 5.41) is 7.62. The van der Waals surface area contributed by atoms with Crippen molar-refractivity contribution < 1.29 is 27.9 Å². The third-order valence-corrected chi connectivity index (χ3v) is 9.61. The second kappa shape index (κ2) is 12.6. The van der Waals surface area contributed by atoms with E-state index in [9.17, 15) is 14.4 Å². The Morgan fingerprint density at radius 3 is 2.52 bits per heavy atom. The maximum atomic E-state index is 16.1. The Labute approximate surface area is 284 Å². The molecule has 3 atom stereocenters. The molecule has 5 heterocycles. The Morgan fingerprint density at radius 2 is 1.76 bits per heavy atom. The maximum absolute atomic E-state index is 16.1. The molecule has 0 radical (unpaired) electrons. The van der Waals surface area contributed by atoms with Crippen molar-refractivity contribution in [3.8, 4) is 22.8 Å². The molecule has 0 saturated carbocycles. The lowest BCUT2D eigenvalue weighted by Gasteiger charge is -2.35. The fraction of sp³-hybridized carbons (Fsp3) is 0.278. The number of rotatable bonds is 7. The minimum atomic E-state index is -1.36. The second-order valence-electron chi connectivity index (χ2n) is 12.8. The van der Waals surface area contributed by atoms with Gasteiger partial charge >= 0.3 is 0 Å². The van der Waals surface area contributed by atoms with Gasteiger partial charge in [-0.05, 0) is 66.9 Å². The largest absolute Gasteiger partial charge is 0.457 e. The average molecular weight is 679 g/mol. The highest BCUT2D eigenvalue weighted by Crippen LogP contribution is 2.37. The number of benzene rings is 3. The van der Waals surface area contributed by atoms with Crippen LogP contribution in [0.4, 0.5) is 14.6 Å². The minimum absolute atomic E-state index is 0.0191. The van der Waals surface area contributed by atoms with Crippen LogP contribution in [0.1, 0.15) is 46.8 Å². The van der Waals surface area contributed by atoms with Crippen molar-refractivity contribution in [1.29, 1.82) is 0 Å². The van der Waals surface area contributed by atoms with E-state index >= 15 is 8.78 Å². The van der Waals surface area contributed by atoms with Gasteiger partial charge in [-0.1, -0.05) is 18.2 Å². The molecule has 3 aliphatic heterocycles. The smallest absolute Gasteiger partial charge is 0.255 e. The van der Waals surface area contributed by atoms with Crippen molar-refractivity contribution in [2.75, 3.05) is 18.8 Å². The predicted molar refractivity (Wildman–Crippen MR) is 178 cm³/mol. The number of para-hydroxylation sites is 1. The van der Waals surface area contributed by atoms with Crippen LogP contribution in [0.15, 0.2) is 73.1 Å². The van der Waals surface area contributed by atoms with Crippen molar-refractivity contribution in [3.05, 3.63) is 95.6 Å². The molecule has 3 N–H and O–H groups in total. The summed E-state index contributed by atoms with van der Waals surface area (Å²) in [5.74, 6) is -0.350. The van der Waals surface area contributed by atoms with Gasteiger partial charge in [0.25, 0.3) is 5.91 Å². The molecule has 14 heteroatoms. The standard InChI is InChI=1S/C36H32F2N8O4/c37-26-15-25-21(17-45(36(25)49)29-10-11-30(47)42-35(29)48)14-22(26)16-44-13-12-28(27(38)18-44)46-34-31(33(39)40-19-41-34)32(43-46)20-6-8-24(9-7-20)50-23-4-2-1-3-5-23/h1-9,14-15,19,27-29H,10-13,16-18H2,(H2,39,40,41)(H,42,47,48)/t27-,28+,29?/m0/s1. The SMILES string of the molecule is Nc1ncnc2c1c(-c1ccc(Oc3ccccc3)cc1)nn2[C@@H]1CCN(Cc2cc3c(cc2F)C(=O)N(C2CCC(=O)NC2=O)C3)C[C@@H]1F. The van der Waals surface area contributed by atoms with Crippen LogP contribution in [-0.2, 0) is 22.7 Å². The van der Waals surface area contributed by atoms with Crippen LogP contribution in [0.25, 0.3) is 22.3 Å². The number of ether oxygens (including phenoxy) is 1. The minimum Gasteiger partial charge on any atom is -0.457 e. The summed E-state index contributed by atoms with van der Waals surface area (Å²) in [6.45, 7) is 0.734. The van der Waals surface area contributed by atoms with Gasteiger partial charge in [-0.15, -0.1) is 0 Å². The van der Waals surface area contributed by atoms with E-state index in [0.717, 1.165) is 5.56 Å². The number of nitrogen functional groups attached to an aromatic ring is 1. The van der Waals surface area contributed by atoms with Crippen LogP contribution in [0, 0.1) is 5.82 Å². The molecule has 0 bridgehead atoms. The molecule has 3 aliphatic rings. The molecule has 50 heavy (non-hydrogen) atoms. The molecule has 5 aromatic rings. The normalized spacial score (nSPS) is 21.0. The number of hydrogen-bond donors (Lipinski definition) is 2. The maximum Gasteiger partial charge on any atom is 0.255 e. The van der Waals surface area contributed by atoms with E-state index in [0.29, 0.717) is 52.3 Å². The van der Waals surface area contributed by atoms with Crippen molar-refractivity contribution in [3.63, 3.8) is 0 Å². The lowest BCUT2D eigenvalue weighted by Crippen LogP contribution is -2.52. The Kier molecular flexibility index (Phi) is 7.94. The first-order valence-corrected chi connectivity index (χ1v) is 16.4. The molecule has 8 rings (SSSR count). The first-order valence-electron chi connectivity index (χ1n) is 16.4. The molecule has 2 saturated heterocycles. The first-order chi connectivity index (χ1) is 24.2. The molecule has 0 aliphatic carbocycles. The number of nitrogens with two attached hydrogens (primary N) is 1. The number of halogens is 2. The molecule has 3 aromatic carbocycles. The van der Waals surface area contributed by atoms with Gasteiger partial charge in [0.2, 0.25) is 11.8 Å². The molecule has 2 fully saturated rings. The van der Waals surface area contributed by atoms with E-state index < -0.39 is 35.9 Å². The van der Waals surface area contributed by atoms with E-state index in [-0.39, 0.29) is 49.8 Å². The number of aromatic nitrogens is 4. The van der Waals surface area contributed by atoms with E-state index in [1.807, 2.05) is 59.5 Å². The molecule has 12 nitrogen and oxygen atoms in total. The molecular weight excluding hydrogens is 646 g/mol.